The molecular formula is C21H21NO4S. The van der Waals surface area contributed by atoms with Crippen LogP contribution in [0.2, 0.25) is 0 Å². The van der Waals surface area contributed by atoms with Crippen molar-refractivity contribution in [2.24, 2.45) is 0 Å². The normalized spacial score (nSPS) is 12.5. The van der Waals surface area contributed by atoms with E-state index in [4.69, 9.17) is 4.42 Å². The van der Waals surface area contributed by atoms with Gasteiger partial charge in [-0.2, -0.15) is 0 Å². The Bertz CT molecular complexity index is 1010. The molecule has 1 heterocycles. The van der Waals surface area contributed by atoms with Crippen LogP contribution in [0.15, 0.2) is 82.1 Å². The summed E-state index contributed by atoms with van der Waals surface area (Å²) in [5, 5.41) is 0. The van der Waals surface area contributed by atoms with E-state index in [0.717, 1.165) is 5.56 Å². The average molecular weight is 383 g/mol. The Hall–Kier alpha value is -2.86. The van der Waals surface area contributed by atoms with E-state index in [0.29, 0.717) is 0 Å². The molecule has 0 bridgehead atoms. The Labute approximate surface area is 159 Å². The average Bonchev–Trinajstić information content (AvgIpc) is 3.15. The maximum Gasteiger partial charge on any atom is 0.289 e. The Morgan fingerprint density at radius 2 is 1.56 bits per heavy atom. The van der Waals surface area contributed by atoms with Crippen LogP contribution >= 0.6 is 0 Å². The molecule has 0 radical (unpaired) electrons. The standard InChI is InChI=1S/C21H21NO4S/c1-16(17-9-5-3-6-10-17)22(2)21(23)20-14-13-18(26-20)15-27(24,25)19-11-7-4-8-12-19/h3-14,16H,15H2,1-2H3/t16-/m0/s1. The summed E-state index contributed by atoms with van der Waals surface area (Å²) in [4.78, 5) is 14.5. The van der Waals surface area contributed by atoms with E-state index in [9.17, 15) is 13.2 Å². The summed E-state index contributed by atoms with van der Waals surface area (Å²) in [5.41, 5.74) is 1.01. The number of carbonyl (C=O) groups is 1. The third-order valence-electron chi connectivity index (χ3n) is 4.49. The largest absolute Gasteiger partial charge is 0.455 e. The van der Waals surface area contributed by atoms with Crippen molar-refractivity contribution in [3.8, 4) is 0 Å². The molecule has 5 nitrogen and oxygen atoms in total. The molecule has 0 spiro atoms. The first-order valence-electron chi connectivity index (χ1n) is 8.57. The third kappa shape index (κ3) is 4.28. The molecule has 3 rings (SSSR count). The molecule has 0 aliphatic heterocycles. The number of benzene rings is 2. The van der Waals surface area contributed by atoms with Crippen molar-refractivity contribution >= 4 is 15.7 Å². The molecule has 0 aliphatic rings. The number of carbonyl (C=O) groups excluding carboxylic acids is 1. The molecule has 1 atom stereocenters. The highest BCUT2D eigenvalue weighted by atomic mass is 32.2. The van der Waals surface area contributed by atoms with Gasteiger partial charge in [0.15, 0.2) is 15.6 Å². The van der Waals surface area contributed by atoms with Crippen molar-refractivity contribution in [2.75, 3.05) is 7.05 Å². The predicted octanol–water partition coefficient (Wildman–Crippen LogP) is 4.09. The summed E-state index contributed by atoms with van der Waals surface area (Å²) in [5.74, 6) is -0.223. The lowest BCUT2D eigenvalue weighted by molar-refractivity contribution is 0.0709. The summed E-state index contributed by atoms with van der Waals surface area (Å²) >= 11 is 0. The number of nitrogens with zero attached hydrogens (tertiary/aromatic N) is 1. The lowest BCUT2D eigenvalue weighted by Crippen LogP contribution is -2.29. The summed E-state index contributed by atoms with van der Waals surface area (Å²) in [6.45, 7) is 1.93. The van der Waals surface area contributed by atoms with Gasteiger partial charge < -0.3 is 9.32 Å². The number of furan rings is 1. The maximum atomic E-state index is 12.7. The number of hydrogen-bond donors (Lipinski definition) is 0. The molecule has 0 unspecified atom stereocenters. The predicted molar refractivity (Wildman–Crippen MR) is 103 cm³/mol. The van der Waals surface area contributed by atoms with Crippen molar-refractivity contribution < 1.29 is 17.6 Å². The fourth-order valence-corrected chi connectivity index (χ4v) is 4.04. The van der Waals surface area contributed by atoms with Crippen molar-refractivity contribution in [1.29, 1.82) is 0 Å². The van der Waals surface area contributed by atoms with Crippen molar-refractivity contribution in [1.82, 2.24) is 4.90 Å². The van der Waals surface area contributed by atoms with Gasteiger partial charge in [0.05, 0.1) is 10.9 Å². The van der Waals surface area contributed by atoms with E-state index in [-0.39, 0.29) is 34.1 Å². The van der Waals surface area contributed by atoms with Gasteiger partial charge >= 0.3 is 0 Å². The Kier molecular flexibility index (Phi) is 5.46. The number of sulfone groups is 1. The van der Waals surface area contributed by atoms with E-state index in [1.807, 2.05) is 37.3 Å². The molecule has 3 aromatic rings. The number of amides is 1. The van der Waals surface area contributed by atoms with E-state index >= 15 is 0 Å². The van der Waals surface area contributed by atoms with Crippen LogP contribution in [-0.2, 0) is 15.6 Å². The molecule has 27 heavy (non-hydrogen) atoms. The molecule has 0 N–H and O–H groups in total. The van der Waals surface area contributed by atoms with E-state index in [2.05, 4.69) is 0 Å². The monoisotopic (exact) mass is 383 g/mol. The molecule has 2 aromatic carbocycles. The quantitative estimate of drug-likeness (QED) is 0.643. The van der Waals surface area contributed by atoms with Crippen LogP contribution in [0.4, 0.5) is 0 Å². The molecule has 0 saturated heterocycles. The van der Waals surface area contributed by atoms with Gasteiger partial charge in [-0.05, 0) is 36.8 Å². The van der Waals surface area contributed by atoms with E-state index in [1.54, 1.807) is 42.3 Å². The van der Waals surface area contributed by atoms with Crippen LogP contribution in [0.5, 0.6) is 0 Å². The van der Waals surface area contributed by atoms with E-state index < -0.39 is 9.84 Å². The number of hydrogen-bond acceptors (Lipinski definition) is 4. The second-order valence-corrected chi connectivity index (χ2v) is 8.33. The molecule has 0 aliphatic carbocycles. The van der Waals surface area contributed by atoms with Crippen molar-refractivity contribution in [2.45, 2.75) is 23.6 Å². The molecule has 0 fully saturated rings. The minimum atomic E-state index is -3.52. The molecule has 6 heteroatoms. The Morgan fingerprint density at radius 1 is 0.963 bits per heavy atom. The van der Waals surface area contributed by atoms with Crippen LogP contribution in [0.25, 0.3) is 0 Å². The van der Waals surface area contributed by atoms with Gasteiger partial charge in [0.1, 0.15) is 11.5 Å². The second-order valence-electron chi connectivity index (χ2n) is 6.34. The number of rotatable bonds is 6. The summed E-state index contributed by atoms with van der Waals surface area (Å²) < 4.78 is 30.4. The maximum absolute atomic E-state index is 12.7. The summed E-state index contributed by atoms with van der Waals surface area (Å²) in [6, 6.07) is 20.8. The van der Waals surface area contributed by atoms with Gasteiger partial charge in [-0.25, -0.2) is 8.42 Å². The van der Waals surface area contributed by atoms with Crippen LogP contribution in [0.1, 0.15) is 34.8 Å². The fraction of sp³-hybridized carbons (Fsp3) is 0.190. The smallest absolute Gasteiger partial charge is 0.289 e. The van der Waals surface area contributed by atoms with Crippen LogP contribution < -0.4 is 0 Å². The minimum absolute atomic E-state index is 0.124. The molecule has 1 aromatic heterocycles. The lowest BCUT2D eigenvalue weighted by Gasteiger charge is -2.24. The fourth-order valence-electron chi connectivity index (χ4n) is 2.77. The van der Waals surface area contributed by atoms with Crippen LogP contribution in [0, 0.1) is 0 Å². The van der Waals surface area contributed by atoms with Gasteiger partial charge in [-0.1, -0.05) is 48.5 Å². The highest BCUT2D eigenvalue weighted by Gasteiger charge is 2.23. The zero-order valence-corrected chi connectivity index (χ0v) is 16.0. The van der Waals surface area contributed by atoms with Gasteiger partial charge in [-0.3, -0.25) is 4.79 Å². The molecule has 140 valence electrons. The van der Waals surface area contributed by atoms with Crippen molar-refractivity contribution in [3.63, 3.8) is 0 Å². The zero-order valence-electron chi connectivity index (χ0n) is 15.2. The zero-order chi connectivity index (χ0) is 19.4. The Morgan fingerprint density at radius 3 is 2.19 bits per heavy atom. The first-order valence-corrected chi connectivity index (χ1v) is 10.2. The van der Waals surface area contributed by atoms with Crippen LogP contribution in [0.3, 0.4) is 0 Å². The van der Waals surface area contributed by atoms with Gasteiger partial charge in [0.2, 0.25) is 0 Å². The topological polar surface area (TPSA) is 67.6 Å². The molecule has 0 saturated carbocycles. The first kappa shape index (κ1) is 18.9. The highest BCUT2D eigenvalue weighted by Crippen LogP contribution is 2.23. The van der Waals surface area contributed by atoms with Gasteiger partial charge in [0, 0.05) is 7.05 Å². The summed E-state index contributed by atoms with van der Waals surface area (Å²) in [7, 11) is -1.83. The third-order valence-corrected chi connectivity index (χ3v) is 6.15. The molecule has 1 amide bonds. The Balaban J connectivity index is 1.74. The lowest BCUT2D eigenvalue weighted by atomic mass is 10.1. The SMILES string of the molecule is C[C@@H](c1ccccc1)N(C)C(=O)c1ccc(CS(=O)(=O)c2ccccc2)o1. The van der Waals surface area contributed by atoms with Crippen molar-refractivity contribution in [3.05, 3.63) is 89.9 Å². The highest BCUT2D eigenvalue weighted by molar-refractivity contribution is 7.90. The summed E-state index contributed by atoms with van der Waals surface area (Å²) in [6.07, 6.45) is 0. The first-order chi connectivity index (χ1) is 12.9. The van der Waals surface area contributed by atoms with Gasteiger partial charge in [0.25, 0.3) is 5.91 Å². The van der Waals surface area contributed by atoms with E-state index in [1.165, 1.54) is 12.1 Å². The van der Waals surface area contributed by atoms with Gasteiger partial charge in [-0.15, -0.1) is 0 Å². The minimum Gasteiger partial charge on any atom is -0.455 e. The second kappa shape index (κ2) is 7.80. The van der Waals surface area contributed by atoms with Crippen LogP contribution in [-0.4, -0.2) is 26.3 Å². The molecular weight excluding hydrogens is 362 g/mol.